The lowest BCUT2D eigenvalue weighted by atomic mass is 10.2. The molecule has 1 aliphatic rings. The van der Waals surface area contributed by atoms with Gasteiger partial charge < -0.3 is 9.88 Å². The Labute approximate surface area is 110 Å². The molecule has 1 fully saturated rings. The van der Waals surface area contributed by atoms with Gasteiger partial charge in [0.05, 0.1) is 12.2 Å². The molecule has 1 heterocycles. The fraction of sp³-hybridized carbons (Fsp3) is 0.357. The Morgan fingerprint density at radius 3 is 2.89 bits per heavy atom. The van der Waals surface area contributed by atoms with Crippen LogP contribution in [0.2, 0.25) is 0 Å². The average Bonchev–Trinajstić information content (AvgIpc) is 3.09. The van der Waals surface area contributed by atoms with Crippen molar-refractivity contribution in [2.45, 2.75) is 32.4 Å². The van der Waals surface area contributed by atoms with Crippen molar-refractivity contribution < 1.29 is 8.78 Å². The number of benzene rings is 1. The molecular weight excluding hydrogens is 248 g/mol. The summed E-state index contributed by atoms with van der Waals surface area (Å²) in [4.78, 5) is 4.37. The van der Waals surface area contributed by atoms with Crippen LogP contribution in [0.25, 0.3) is 0 Å². The molecule has 0 saturated heterocycles. The van der Waals surface area contributed by atoms with Gasteiger partial charge in [0.1, 0.15) is 11.6 Å². The Balaban J connectivity index is 1.87. The minimum Gasteiger partial charge on any atom is -0.353 e. The minimum atomic E-state index is -0.426. The van der Waals surface area contributed by atoms with Crippen molar-refractivity contribution in [3.05, 3.63) is 47.3 Å². The smallest absolute Gasteiger partial charge is 0.203 e. The molecule has 0 atom stereocenters. The van der Waals surface area contributed by atoms with E-state index in [-0.39, 0.29) is 6.54 Å². The maximum atomic E-state index is 13.6. The Hall–Kier alpha value is -1.91. The molecule has 1 saturated carbocycles. The number of nitrogens with zero attached hydrogens (tertiary/aromatic N) is 2. The van der Waals surface area contributed by atoms with Crippen molar-refractivity contribution in [3.63, 3.8) is 0 Å². The van der Waals surface area contributed by atoms with E-state index in [0.717, 1.165) is 36.6 Å². The van der Waals surface area contributed by atoms with Gasteiger partial charge in [0.15, 0.2) is 0 Å². The molecule has 0 aliphatic heterocycles. The minimum absolute atomic E-state index is 0.277. The molecule has 1 N–H and O–H groups in total. The van der Waals surface area contributed by atoms with Crippen LogP contribution >= 0.6 is 0 Å². The summed E-state index contributed by atoms with van der Waals surface area (Å²) in [7, 11) is 0. The average molecular weight is 263 g/mol. The standard InChI is InChI=1S/C14H15F2N3/c1-9-7-19(14(17-9)18-12-3-4-12)8-10-6-11(15)2-5-13(10)16/h2,5-7,12H,3-4,8H2,1H3,(H,17,18). The first-order chi connectivity index (χ1) is 9.11. The third-order valence-electron chi connectivity index (χ3n) is 3.16. The van der Waals surface area contributed by atoms with Crippen molar-refractivity contribution in [3.8, 4) is 0 Å². The number of anilines is 1. The van der Waals surface area contributed by atoms with Gasteiger partial charge in [0.2, 0.25) is 5.95 Å². The molecule has 3 rings (SSSR count). The number of aryl methyl sites for hydroxylation is 1. The number of aromatic nitrogens is 2. The van der Waals surface area contributed by atoms with Crippen molar-refractivity contribution in [2.75, 3.05) is 5.32 Å². The molecule has 3 nitrogen and oxygen atoms in total. The van der Waals surface area contributed by atoms with Crippen LogP contribution in [0, 0.1) is 18.6 Å². The van der Waals surface area contributed by atoms with Crippen LogP contribution in [0.4, 0.5) is 14.7 Å². The van der Waals surface area contributed by atoms with E-state index in [1.807, 2.05) is 17.7 Å². The highest BCUT2D eigenvalue weighted by Crippen LogP contribution is 2.25. The summed E-state index contributed by atoms with van der Waals surface area (Å²) in [6, 6.07) is 3.98. The molecular formula is C14H15F2N3. The van der Waals surface area contributed by atoms with Crippen LogP contribution in [-0.2, 0) is 6.54 Å². The third-order valence-corrected chi connectivity index (χ3v) is 3.16. The number of hydrogen-bond donors (Lipinski definition) is 1. The maximum absolute atomic E-state index is 13.6. The Morgan fingerprint density at radius 2 is 2.16 bits per heavy atom. The van der Waals surface area contributed by atoms with E-state index in [4.69, 9.17) is 0 Å². The summed E-state index contributed by atoms with van der Waals surface area (Å²) < 4.78 is 28.6. The topological polar surface area (TPSA) is 29.9 Å². The van der Waals surface area contributed by atoms with Crippen LogP contribution < -0.4 is 5.32 Å². The highest BCUT2D eigenvalue weighted by molar-refractivity contribution is 5.33. The predicted octanol–water partition coefficient (Wildman–Crippen LogP) is 3.09. The van der Waals surface area contributed by atoms with Gasteiger partial charge >= 0.3 is 0 Å². The zero-order valence-electron chi connectivity index (χ0n) is 10.7. The summed E-state index contributed by atoms with van der Waals surface area (Å²) in [6.45, 7) is 2.16. The number of halogens is 2. The van der Waals surface area contributed by atoms with Crippen molar-refractivity contribution in [2.24, 2.45) is 0 Å². The highest BCUT2D eigenvalue weighted by atomic mass is 19.1. The number of imidazole rings is 1. The van der Waals surface area contributed by atoms with Crippen LogP contribution in [0.3, 0.4) is 0 Å². The fourth-order valence-corrected chi connectivity index (χ4v) is 2.04. The molecule has 0 spiro atoms. The van der Waals surface area contributed by atoms with Crippen LogP contribution in [0.15, 0.2) is 24.4 Å². The van der Waals surface area contributed by atoms with Crippen LogP contribution in [0.5, 0.6) is 0 Å². The molecule has 5 heteroatoms. The van der Waals surface area contributed by atoms with Crippen molar-refractivity contribution in [1.82, 2.24) is 9.55 Å². The molecule has 1 aliphatic carbocycles. The van der Waals surface area contributed by atoms with E-state index in [2.05, 4.69) is 10.3 Å². The summed E-state index contributed by atoms with van der Waals surface area (Å²) in [5, 5.41) is 3.30. The lowest BCUT2D eigenvalue weighted by Gasteiger charge is -2.09. The first-order valence-electron chi connectivity index (χ1n) is 6.36. The van der Waals surface area contributed by atoms with Gasteiger partial charge in [-0.05, 0) is 38.0 Å². The second-order valence-corrected chi connectivity index (χ2v) is 4.99. The van der Waals surface area contributed by atoms with E-state index >= 15 is 0 Å². The van der Waals surface area contributed by atoms with Gasteiger partial charge in [0, 0.05) is 17.8 Å². The van der Waals surface area contributed by atoms with Gasteiger partial charge in [-0.1, -0.05) is 0 Å². The normalized spacial score (nSPS) is 14.7. The Kier molecular flexibility index (Phi) is 2.97. The first kappa shape index (κ1) is 12.1. The second kappa shape index (κ2) is 4.64. The Morgan fingerprint density at radius 1 is 1.37 bits per heavy atom. The van der Waals surface area contributed by atoms with E-state index in [1.54, 1.807) is 0 Å². The summed E-state index contributed by atoms with van der Waals surface area (Å²) >= 11 is 0. The first-order valence-corrected chi connectivity index (χ1v) is 6.36. The van der Waals surface area contributed by atoms with Crippen LogP contribution in [-0.4, -0.2) is 15.6 Å². The lowest BCUT2D eigenvalue weighted by Crippen LogP contribution is -2.10. The maximum Gasteiger partial charge on any atom is 0.203 e. The fourth-order valence-electron chi connectivity index (χ4n) is 2.04. The van der Waals surface area contributed by atoms with E-state index < -0.39 is 11.6 Å². The highest BCUT2D eigenvalue weighted by Gasteiger charge is 2.23. The number of rotatable bonds is 4. The predicted molar refractivity (Wildman–Crippen MR) is 69.1 cm³/mol. The second-order valence-electron chi connectivity index (χ2n) is 4.99. The quantitative estimate of drug-likeness (QED) is 0.918. The molecule has 1 aromatic carbocycles. The van der Waals surface area contributed by atoms with E-state index in [0.29, 0.717) is 11.6 Å². The van der Waals surface area contributed by atoms with Gasteiger partial charge in [-0.15, -0.1) is 0 Å². The Bertz CT molecular complexity index is 603. The molecule has 19 heavy (non-hydrogen) atoms. The van der Waals surface area contributed by atoms with E-state index in [9.17, 15) is 8.78 Å². The van der Waals surface area contributed by atoms with Crippen molar-refractivity contribution in [1.29, 1.82) is 0 Å². The largest absolute Gasteiger partial charge is 0.353 e. The van der Waals surface area contributed by atoms with Crippen LogP contribution in [0.1, 0.15) is 24.1 Å². The molecule has 0 bridgehead atoms. The monoisotopic (exact) mass is 263 g/mol. The number of hydrogen-bond acceptors (Lipinski definition) is 2. The van der Waals surface area contributed by atoms with Crippen molar-refractivity contribution >= 4 is 5.95 Å². The molecule has 0 radical (unpaired) electrons. The van der Waals surface area contributed by atoms with Gasteiger partial charge in [-0.25, -0.2) is 13.8 Å². The molecule has 0 unspecified atom stereocenters. The van der Waals surface area contributed by atoms with Gasteiger partial charge in [-0.2, -0.15) is 0 Å². The lowest BCUT2D eigenvalue weighted by molar-refractivity contribution is 0.577. The molecule has 0 amide bonds. The van der Waals surface area contributed by atoms with Gasteiger partial charge in [0.25, 0.3) is 0 Å². The zero-order chi connectivity index (χ0) is 13.4. The summed E-state index contributed by atoms with van der Waals surface area (Å²) in [5.41, 5.74) is 1.19. The third kappa shape index (κ3) is 2.75. The summed E-state index contributed by atoms with van der Waals surface area (Å²) in [5.74, 6) is -0.0984. The molecule has 100 valence electrons. The summed E-state index contributed by atoms with van der Waals surface area (Å²) in [6.07, 6.45) is 4.12. The zero-order valence-corrected chi connectivity index (χ0v) is 10.7. The van der Waals surface area contributed by atoms with Gasteiger partial charge in [-0.3, -0.25) is 0 Å². The molecule has 2 aromatic rings. The SMILES string of the molecule is Cc1cn(Cc2cc(F)ccc2F)c(NC2CC2)n1. The molecule has 1 aromatic heterocycles. The number of nitrogens with one attached hydrogen (secondary N) is 1. The van der Waals surface area contributed by atoms with E-state index in [1.165, 1.54) is 6.07 Å².